The zero-order chi connectivity index (χ0) is 61.8. The number of halogens is 2. The fourth-order valence-electron chi connectivity index (χ4n) is 11.6. The van der Waals surface area contributed by atoms with E-state index < -0.39 is 0 Å². The number of aromatic nitrogens is 2. The lowest BCUT2D eigenvalue weighted by molar-refractivity contribution is 0.0624. The number of pyridine rings is 2. The van der Waals surface area contributed by atoms with E-state index in [1.54, 1.807) is 36.5 Å². The summed E-state index contributed by atoms with van der Waals surface area (Å²) in [5.41, 5.74) is 17.6. The predicted molar refractivity (Wildman–Crippen MR) is 374 cm³/mol. The summed E-state index contributed by atoms with van der Waals surface area (Å²) in [7, 11) is 0. The summed E-state index contributed by atoms with van der Waals surface area (Å²) >= 11 is 6.19. The maximum atomic E-state index is 13.1. The van der Waals surface area contributed by atoms with E-state index in [1.807, 2.05) is 25.1 Å². The molecule has 17 nitrogen and oxygen atoms in total. The van der Waals surface area contributed by atoms with E-state index in [0.717, 1.165) is 50.1 Å². The second-order valence-electron chi connectivity index (χ2n) is 22.7. The summed E-state index contributed by atoms with van der Waals surface area (Å²) in [6.45, 7) is 28.5. The molecular weight excluding hydrogens is 1200 g/mol. The summed E-state index contributed by atoms with van der Waals surface area (Å²) in [4.78, 5) is 101. The molecule has 21 heteroatoms. The number of likely N-dealkylation sites (N-methyl/N-ethyl adjacent to an activating group) is 1. The molecule has 2 atom stereocenters. The van der Waals surface area contributed by atoms with Crippen molar-refractivity contribution in [1.82, 2.24) is 34.5 Å². The Morgan fingerprint density at radius 1 is 0.584 bits per heavy atom. The molecule has 0 saturated carbocycles. The molecule has 5 aliphatic rings. The molecule has 6 aromatic rings. The molecule has 5 N–H and O–H groups in total. The van der Waals surface area contributed by atoms with E-state index in [0.29, 0.717) is 106 Å². The molecule has 0 bridgehead atoms. The van der Waals surface area contributed by atoms with Crippen LogP contribution in [0.2, 0.25) is 5.02 Å². The lowest BCUT2D eigenvalue weighted by Gasteiger charge is -2.21. The van der Waals surface area contributed by atoms with Gasteiger partial charge in [0.2, 0.25) is 0 Å². The van der Waals surface area contributed by atoms with Crippen molar-refractivity contribution < 1.29 is 19.2 Å². The van der Waals surface area contributed by atoms with Gasteiger partial charge in [-0.05, 0) is 169 Å². The second-order valence-corrected chi connectivity index (χ2v) is 23.1. The molecule has 5 aliphatic heterocycles. The molecular formula is C68H89Cl2N11O6S2. The Morgan fingerprint density at radius 3 is 1.48 bits per heavy atom. The van der Waals surface area contributed by atoms with Crippen LogP contribution in [0.3, 0.4) is 0 Å². The Morgan fingerprint density at radius 2 is 1.02 bits per heavy atom. The third kappa shape index (κ3) is 17.6. The summed E-state index contributed by atoms with van der Waals surface area (Å²) in [5.74, 6) is -1.07. The Balaban J connectivity index is 0.000000252. The minimum Gasteiger partial charge on any atom is -0.382 e. The van der Waals surface area contributed by atoms with Crippen molar-refractivity contribution in [3.63, 3.8) is 0 Å². The topological polar surface area (TPSA) is 213 Å². The minimum atomic E-state index is -0.308. The highest BCUT2D eigenvalue weighted by atomic mass is 35.5. The molecule has 4 amide bonds. The molecule has 0 radical (unpaired) electrons. The Hall–Kier alpha value is -6.68. The fraction of sp³-hybridized carbons (Fsp3) is 0.412. The molecule has 1 saturated heterocycles. The van der Waals surface area contributed by atoms with Crippen LogP contribution in [-0.4, -0.2) is 154 Å². The minimum absolute atomic E-state index is 0. The molecule has 1 fully saturated rings. The number of H-pyrrole nitrogens is 2. The first-order valence-electron chi connectivity index (χ1n) is 30.5. The van der Waals surface area contributed by atoms with Crippen molar-refractivity contribution in [2.45, 2.75) is 113 Å². The Kier molecular flexibility index (Phi) is 27.9. The zero-order valence-electron chi connectivity index (χ0n) is 52.9. The number of amides is 4. The van der Waals surface area contributed by atoms with Crippen LogP contribution < -0.4 is 22.2 Å². The first-order chi connectivity index (χ1) is 41.4. The Labute approximate surface area is 549 Å². The number of rotatable bonds is 19. The number of nitrogens with two attached hydrogens (primary N) is 1. The van der Waals surface area contributed by atoms with Crippen molar-refractivity contribution in [2.75, 3.05) is 77.3 Å². The number of carbonyl (C=O) groups excluding carboxylic acids is 4. The molecule has 2 aromatic heterocycles. The van der Waals surface area contributed by atoms with Crippen LogP contribution in [0.4, 0.5) is 17.1 Å². The molecule has 4 aromatic carbocycles. The highest BCUT2D eigenvalue weighted by Gasteiger charge is 2.39. The van der Waals surface area contributed by atoms with Crippen LogP contribution >= 0.6 is 51.0 Å². The number of nitrogens with one attached hydrogen (secondary N) is 3. The van der Waals surface area contributed by atoms with Crippen LogP contribution in [-0.2, 0) is 25.7 Å². The molecule has 7 heterocycles. The number of anilines is 1. The smallest absolute Gasteiger partial charge is 0.261 e. The number of hydrogen-bond donors (Lipinski definition) is 4. The quantitative estimate of drug-likeness (QED) is 0.0560. The number of imide groups is 2. The molecule has 0 spiro atoms. The van der Waals surface area contributed by atoms with Gasteiger partial charge in [0, 0.05) is 63.5 Å². The van der Waals surface area contributed by atoms with Crippen molar-refractivity contribution in [3.05, 3.63) is 190 Å². The number of carbonyl (C=O) groups is 4. The summed E-state index contributed by atoms with van der Waals surface area (Å²) in [6.07, 6.45) is 8.06. The van der Waals surface area contributed by atoms with E-state index in [1.165, 1.54) is 70.7 Å². The molecule has 89 heavy (non-hydrogen) atoms. The lowest BCUT2D eigenvalue weighted by atomic mass is 9.99. The van der Waals surface area contributed by atoms with Crippen molar-refractivity contribution >= 4 is 103 Å². The first kappa shape index (κ1) is 73.1. The second kappa shape index (κ2) is 33.9. The van der Waals surface area contributed by atoms with Gasteiger partial charge in [0.1, 0.15) is 0 Å². The highest BCUT2D eigenvalue weighted by molar-refractivity contribution is 7.59. The van der Waals surface area contributed by atoms with Crippen molar-refractivity contribution in [3.8, 4) is 0 Å². The van der Waals surface area contributed by atoms with Crippen LogP contribution in [0.1, 0.15) is 147 Å². The molecule has 0 aliphatic carbocycles. The summed E-state index contributed by atoms with van der Waals surface area (Å²) < 4.78 is 0. The van der Waals surface area contributed by atoms with Crippen LogP contribution in [0, 0.1) is 13.8 Å². The standard InChI is InChI=1S/C31H35N5O3.C21H19ClN4O3.C10H15N.C6H15N.ClH.2H2S/c1-5-35(6-2)13-14-36-30(38)23-16-22-17-27(34-26(22)18-24(23)31(36)39)28-25(11-12-32-29(28)37)33-20(4)15-21-10-8-7-9-19(21)3;22-15-3-4-23-19(27)18(15)17-10-12-9-13-14(11-16(12)24-17)21(29)26(20(13)28)8-7-25-5-1-2-6-25;1-8-5-3-4-6-10(8)7-9(2)11;1-4-7(5-2)6-3;;;/h7-12,16,18,20H,5-6,13-15,17H2,1-4H3,(H2,32,33,37);3-4,9,11H,1-2,5-8,10H2,(H,23,27);3-6,9H,7,11H2,1-2H3;4-6H2,1-3H3;1H;2*1H2. The zero-order valence-corrected chi connectivity index (χ0v) is 56.4. The average molecular weight is 1290 g/mol. The number of nitrogens with zero attached hydrogens (tertiary/aromatic N) is 7. The van der Waals surface area contributed by atoms with Gasteiger partial charge < -0.3 is 35.7 Å². The molecule has 2 unspecified atom stereocenters. The van der Waals surface area contributed by atoms with E-state index in [2.05, 4.69) is 127 Å². The molecule has 11 rings (SSSR count). The number of aromatic amines is 2. The maximum Gasteiger partial charge on any atom is 0.261 e. The number of benzene rings is 4. The van der Waals surface area contributed by atoms with Gasteiger partial charge in [0.05, 0.1) is 66.9 Å². The number of aliphatic imine (C=N–C) groups is 2. The normalized spacial score (nSPS) is 15.0. The van der Waals surface area contributed by atoms with E-state index in [4.69, 9.17) is 22.3 Å². The SMILES string of the molecule is CCN(CC)CC.CCN(CC)CCN1C(=O)c2cc3c(cc2C1=O)N=C(c1c(NC(C)Cc2ccccc2C)cc[nH]c1=O)C3.Cc1ccccc1CC(C)N.Cl.O=C1c2cc3c(cc2C(=O)N1CCN1CCCC1)N=C(c1c(Cl)cc[nH]c1=O)C3.S.S. The Bertz CT molecular complexity index is 3640. The van der Waals surface area contributed by atoms with E-state index in [9.17, 15) is 28.8 Å². The van der Waals surface area contributed by atoms with Gasteiger partial charge in [0.15, 0.2) is 0 Å². The average Bonchev–Trinajstić information content (AvgIpc) is 1.75. The predicted octanol–water partition coefficient (Wildman–Crippen LogP) is 10.6. The monoisotopic (exact) mass is 1290 g/mol. The van der Waals surface area contributed by atoms with Gasteiger partial charge in [-0.3, -0.25) is 48.6 Å². The van der Waals surface area contributed by atoms with Gasteiger partial charge in [-0.25, -0.2) is 0 Å². The van der Waals surface area contributed by atoms with Crippen LogP contribution in [0.15, 0.2) is 117 Å². The van der Waals surface area contributed by atoms with Crippen molar-refractivity contribution in [2.24, 2.45) is 15.7 Å². The largest absolute Gasteiger partial charge is 0.382 e. The first-order valence-corrected chi connectivity index (χ1v) is 30.8. The van der Waals surface area contributed by atoms with E-state index in [-0.39, 0.29) is 86.2 Å². The number of aryl methyl sites for hydroxylation is 2. The van der Waals surface area contributed by atoms with Crippen molar-refractivity contribution in [1.29, 1.82) is 0 Å². The third-order valence-electron chi connectivity index (χ3n) is 16.7. The third-order valence-corrected chi connectivity index (χ3v) is 17.0. The van der Waals surface area contributed by atoms with Crippen LogP contribution in [0.25, 0.3) is 0 Å². The van der Waals surface area contributed by atoms with Gasteiger partial charge in [-0.1, -0.05) is 94.8 Å². The lowest BCUT2D eigenvalue weighted by Crippen LogP contribution is -2.38. The van der Waals surface area contributed by atoms with E-state index >= 15 is 0 Å². The maximum absolute atomic E-state index is 13.1. The van der Waals surface area contributed by atoms with Gasteiger partial charge >= 0.3 is 0 Å². The fourth-order valence-corrected chi connectivity index (χ4v) is 11.9. The highest BCUT2D eigenvalue weighted by Crippen LogP contribution is 2.38. The number of likely N-dealkylation sites (tertiary alicyclic amines) is 1. The van der Waals surface area contributed by atoms with Gasteiger partial charge in [-0.2, -0.15) is 27.0 Å². The van der Waals surface area contributed by atoms with Gasteiger partial charge in [-0.15, -0.1) is 12.4 Å². The summed E-state index contributed by atoms with van der Waals surface area (Å²) in [6, 6.07) is 27.4. The number of fused-ring (bicyclic) bond motifs is 4. The number of hydrogen-bond acceptors (Lipinski definition) is 13. The van der Waals surface area contributed by atoms with Gasteiger partial charge in [0.25, 0.3) is 34.7 Å². The summed E-state index contributed by atoms with van der Waals surface area (Å²) in [5, 5.41) is 3.84. The molecule has 478 valence electrons. The van der Waals surface area contributed by atoms with Crippen LogP contribution in [0.5, 0.6) is 0 Å².